The Morgan fingerprint density at radius 2 is 1.57 bits per heavy atom. The molecule has 0 bridgehead atoms. The van der Waals surface area contributed by atoms with Gasteiger partial charge < -0.3 is 13.3 Å². The Bertz CT molecular complexity index is 145. The molecule has 1 unspecified atom stereocenters. The summed E-state index contributed by atoms with van der Waals surface area (Å²) in [4.78, 5) is 0. The highest BCUT2D eigenvalue weighted by molar-refractivity contribution is 6.67. The average molecular weight is 256 g/mol. The van der Waals surface area contributed by atoms with Crippen molar-refractivity contribution in [1.29, 1.82) is 0 Å². The number of hydrogen-bond acceptors (Lipinski definition) is 3. The lowest BCUT2D eigenvalue weighted by Crippen LogP contribution is -2.43. The van der Waals surface area contributed by atoms with Crippen molar-refractivity contribution in [2.24, 2.45) is 0 Å². The van der Waals surface area contributed by atoms with E-state index in [4.69, 9.17) is 24.9 Å². The molecule has 6 heteroatoms. The molecule has 0 heterocycles. The monoisotopic (exact) mass is 255 g/mol. The molecule has 14 heavy (non-hydrogen) atoms. The van der Waals surface area contributed by atoms with Crippen LogP contribution in [0.1, 0.15) is 6.42 Å². The Labute approximate surface area is 94.7 Å². The number of rotatable bonds is 7. The molecule has 0 rings (SSSR count). The second-order valence-corrected chi connectivity index (χ2v) is 10.2. The third kappa shape index (κ3) is 4.42. The van der Waals surface area contributed by atoms with Crippen LogP contribution in [0.25, 0.3) is 0 Å². The quantitative estimate of drug-likeness (QED) is 0.516. The van der Waals surface area contributed by atoms with E-state index in [9.17, 15) is 0 Å². The van der Waals surface area contributed by atoms with Gasteiger partial charge in [-0.05, 0) is 6.42 Å². The SMILES string of the molecule is CO[Si](CCC(Cl)[Si](C)C)(OC)OC. The maximum absolute atomic E-state index is 6.19. The van der Waals surface area contributed by atoms with Crippen LogP contribution in [-0.2, 0) is 13.3 Å². The summed E-state index contributed by atoms with van der Waals surface area (Å²) < 4.78 is 15.9. The summed E-state index contributed by atoms with van der Waals surface area (Å²) in [5.41, 5.74) is 0. The van der Waals surface area contributed by atoms with Gasteiger partial charge in [0, 0.05) is 32.4 Å². The van der Waals surface area contributed by atoms with Gasteiger partial charge in [-0.1, -0.05) is 13.1 Å². The van der Waals surface area contributed by atoms with Gasteiger partial charge in [0.25, 0.3) is 0 Å². The zero-order valence-electron chi connectivity index (χ0n) is 9.59. The first-order chi connectivity index (χ1) is 6.51. The van der Waals surface area contributed by atoms with Crippen molar-refractivity contribution in [3.63, 3.8) is 0 Å². The minimum atomic E-state index is -2.39. The fourth-order valence-electron chi connectivity index (χ4n) is 1.15. The molecule has 1 atom stereocenters. The van der Waals surface area contributed by atoms with Crippen molar-refractivity contribution >= 4 is 29.2 Å². The summed E-state index contributed by atoms with van der Waals surface area (Å²) in [6, 6.07) is 0.792. The van der Waals surface area contributed by atoms with Crippen LogP contribution in [0.15, 0.2) is 0 Å². The molecule has 0 aromatic rings. The summed E-state index contributed by atoms with van der Waals surface area (Å²) in [5.74, 6) is 0. The fourth-order valence-corrected chi connectivity index (χ4v) is 4.21. The van der Waals surface area contributed by atoms with Gasteiger partial charge in [0.1, 0.15) is 0 Å². The van der Waals surface area contributed by atoms with Crippen molar-refractivity contribution in [2.75, 3.05) is 21.3 Å². The molecule has 0 spiro atoms. The zero-order valence-corrected chi connectivity index (χ0v) is 12.4. The van der Waals surface area contributed by atoms with Crippen LogP contribution in [0.4, 0.5) is 0 Å². The molecular weight excluding hydrogens is 236 g/mol. The molecule has 0 aliphatic rings. The molecule has 85 valence electrons. The minimum Gasteiger partial charge on any atom is -0.377 e. The zero-order chi connectivity index (χ0) is 11.2. The van der Waals surface area contributed by atoms with Gasteiger partial charge in [0.2, 0.25) is 0 Å². The van der Waals surface area contributed by atoms with E-state index in [1.54, 1.807) is 21.3 Å². The summed E-state index contributed by atoms with van der Waals surface area (Å²) >= 11 is 6.19. The molecular formula is C8H20ClO3Si2. The highest BCUT2D eigenvalue weighted by atomic mass is 35.5. The van der Waals surface area contributed by atoms with E-state index >= 15 is 0 Å². The number of alkyl halides is 1. The van der Waals surface area contributed by atoms with Crippen LogP contribution in [-0.4, -0.2) is 43.9 Å². The molecule has 0 fully saturated rings. The maximum Gasteiger partial charge on any atom is 0.500 e. The first-order valence-electron chi connectivity index (χ1n) is 4.61. The Morgan fingerprint density at radius 3 is 1.86 bits per heavy atom. The van der Waals surface area contributed by atoms with Crippen molar-refractivity contribution < 1.29 is 13.3 Å². The molecule has 0 amide bonds. The average Bonchev–Trinajstić information content (AvgIpc) is 2.20. The number of halogens is 1. The van der Waals surface area contributed by atoms with E-state index in [2.05, 4.69) is 13.1 Å². The summed E-state index contributed by atoms with van der Waals surface area (Å²) in [6.45, 7) is 4.41. The molecule has 0 saturated carbocycles. The topological polar surface area (TPSA) is 27.7 Å². The van der Waals surface area contributed by atoms with E-state index in [1.165, 1.54) is 0 Å². The van der Waals surface area contributed by atoms with Gasteiger partial charge in [0.15, 0.2) is 0 Å². The van der Waals surface area contributed by atoms with Crippen LogP contribution in [0.5, 0.6) is 0 Å². The lowest BCUT2D eigenvalue weighted by molar-refractivity contribution is 0.123. The standard InChI is InChI=1S/C8H20ClO3Si2/c1-10-14(11-2,12-3)7-6-8(9)13(4)5/h8H,6-7H2,1-5H3. The van der Waals surface area contributed by atoms with Crippen molar-refractivity contribution in [1.82, 2.24) is 0 Å². The summed E-state index contributed by atoms with van der Waals surface area (Å²) in [7, 11) is 2.06. The molecule has 0 aliphatic heterocycles. The second kappa shape index (κ2) is 6.97. The van der Waals surface area contributed by atoms with Crippen LogP contribution >= 0.6 is 11.6 Å². The van der Waals surface area contributed by atoms with Gasteiger partial charge in [-0.2, -0.15) is 0 Å². The van der Waals surface area contributed by atoms with Gasteiger partial charge in [-0.3, -0.25) is 0 Å². The third-order valence-corrected chi connectivity index (χ3v) is 8.10. The molecule has 0 aromatic carbocycles. The van der Waals surface area contributed by atoms with Crippen LogP contribution in [0.2, 0.25) is 19.1 Å². The largest absolute Gasteiger partial charge is 0.500 e. The minimum absolute atomic E-state index is 0.257. The molecule has 0 aromatic heterocycles. The lowest BCUT2D eigenvalue weighted by atomic mass is 10.6. The second-order valence-electron chi connectivity index (χ2n) is 3.38. The van der Waals surface area contributed by atoms with E-state index in [0.717, 1.165) is 12.5 Å². The molecule has 3 nitrogen and oxygen atoms in total. The molecule has 1 radical (unpaired) electrons. The maximum atomic E-state index is 6.19. The Balaban J connectivity index is 4.05. The Hall–Kier alpha value is 0.604. The molecule has 0 aliphatic carbocycles. The van der Waals surface area contributed by atoms with Crippen molar-refractivity contribution in [3.8, 4) is 0 Å². The van der Waals surface area contributed by atoms with Gasteiger partial charge in [-0.25, -0.2) is 0 Å². The van der Waals surface area contributed by atoms with Crippen molar-refractivity contribution in [3.05, 3.63) is 0 Å². The summed E-state index contributed by atoms with van der Waals surface area (Å²) in [6.07, 6.45) is 0.907. The predicted octanol–water partition coefficient (Wildman–Crippen LogP) is 2.16. The van der Waals surface area contributed by atoms with Crippen LogP contribution in [0, 0.1) is 0 Å². The summed E-state index contributed by atoms with van der Waals surface area (Å²) in [5, 5.41) is 0.257. The van der Waals surface area contributed by atoms with E-state index < -0.39 is 17.6 Å². The van der Waals surface area contributed by atoms with E-state index in [1.807, 2.05) is 0 Å². The Kier molecular flexibility index (Phi) is 7.27. The molecule has 0 N–H and O–H groups in total. The van der Waals surface area contributed by atoms with Crippen LogP contribution in [0.3, 0.4) is 0 Å². The number of hydrogen-bond donors (Lipinski definition) is 0. The lowest BCUT2D eigenvalue weighted by Gasteiger charge is -2.25. The van der Waals surface area contributed by atoms with E-state index in [-0.39, 0.29) is 5.00 Å². The van der Waals surface area contributed by atoms with Crippen LogP contribution < -0.4 is 0 Å². The first-order valence-corrected chi connectivity index (χ1v) is 9.55. The van der Waals surface area contributed by atoms with E-state index in [0.29, 0.717) is 0 Å². The third-order valence-electron chi connectivity index (χ3n) is 2.26. The Morgan fingerprint density at radius 1 is 1.14 bits per heavy atom. The first kappa shape index (κ1) is 14.6. The van der Waals surface area contributed by atoms with Crippen molar-refractivity contribution in [2.45, 2.75) is 30.6 Å². The predicted molar refractivity (Wildman–Crippen MR) is 63.3 cm³/mol. The fraction of sp³-hybridized carbons (Fsp3) is 1.00. The normalized spacial score (nSPS) is 14.8. The highest BCUT2D eigenvalue weighted by Gasteiger charge is 2.38. The highest BCUT2D eigenvalue weighted by Crippen LogP contribution is 2.19. The smallest absolute Gasteiger partial charge is 0.377 e. The molecule has 0 saturated heterocycles. The van der Waals surface area contributed by atoms with Gasteiger partial charge >= 0.3 is 8.80 Å². The van der Waals surface area contributed by atoms with Gasteiger partial charge in [0.05, 0.1) is 8.80 Å². The van der Waals surface area contributed by atoms with Gasteiger partial charge in [-0.15, -0.1) is 11.6 Å².